The molecule has 1 unspecified atom stereocenters. The number of carbonyl (C=O) groups is 1. The maximum absolute atomic E-state index is 13.5. The Morgan fingerprint density at radius 3 is 2.54 bits per heavy atom. The first-order valence-corrected chi connectivity index (χ1v) is 8.63. The summed E-state index contributed by atoms with van der Waals surface area (Å²) in [4.78, 5) is 19.1. The molecular formula is C20H21FN2O. The molecule has 0 N–H and O–H groups in total. The molecule has 3 nitrogen and oxygen atoms in total. The van der Waals surface area contributed by atoms with Gasteiger partial charge in [0.1, 0.15) is 11.5 Å². The monoisotopic (exact) mass is 324 g/mol. The number of hydrogen-bond donors (Lipinski definition) is 0. The number of hydrogen-bond acceptors (Lipinski definition) is 2. The van der Waals surface area contributed by atoms with Crippen LogP contribution in [0.3, 0.4) is 0 Å². The third kappa shape index (κ3) is 2.60. The summed E-state index contributed by atoms with van der Waals surface area (Å²) in [5.41, 5.74) is 2.44. The van der Waals surface area contributed by atoms with Crippen molar-refractivity contribution in [1.82, 2.24) is 9.88 Å². The maximum Gasteiger partial charge on any atom is 0.272 e. The third-order valence-corrected chi connectivity index (χ3v) is 5.51. The summed E-state index contributed by atoms with van der Waals surface area (Å²) in [6, 6.07) is 11.5. The maximum atomic E-state index is 13.5. The third-order valence-electron chi connectivity index (χ3n) is 5.51. The topological polar surface area (TPSA) is 33.2 Å². The predicted molar refractivity (Wildman–Crippen MR) is 90.3 cm³/mol. The summed E-state index contributed by atoms with van der Waals surface area (Å²) in [7, 11) is 0. The van der Waals surface area contributed by atoms with Crippen LogP contribution in [0.15, 0.2) is 42.6 Å². The van der Waals surface area contributed by atoms with Gasteiger partial charge in [-0.25, -0.2) is 4.39 Å². The molecule has 3 heterocycles. The first kappa shape index (κ1) is 15.3. The number of carbonyl (C=O) groups excluding carboxylic acids is 1. The van der Waals surface area contributed by atoms with Gasteiger partial charge in [-0.3, -0.25) is 9.78 Å². The van der Waals surface area contributed by atoms with Crippen molar-refractivity contribution in [3.8, 4) is 0 Å². The highest BCUT2D eigenvalue weighted by atomic mass is 19.1. The van der Waals surface area contributed by atoms with E-state index in [2.05, 4.69) is 9.88 Å². The minimum absolute atomic E-state index is 0.0526. The van der Waals surface area contributed by atoms with Crippen LogP contribution in [0, 0.1) is 12.7 Å². The molecule has 2 aliphatic rings. The van der Waals surface area contributed by atoms with Gasteiger partial charge in [0.25, 0.3) is 5.91 Å². The van der Waals surface area contributed by atoms with E-state index in [-0.39, 0.29) is 23.8 Å². The molecule has 4 rings (SSSR count). The van der Waals surface area contributed by atoms with Gasteiger partial charge in [0, 0.05) is 18.3 Å². The lowest BCUT2D eigenvalue weighted by atomic mass is 9.84. The normalized spacial score (nSPS) is 25.8. The Morgan fingerprint density at radius 1 is 1.17 bits per heavy atom. The number of aromatic nitrogens is 1. The average Bonchev–Trinajstić information content (AvgIpc) is 2.87. The van der Waals surface area contributed by atoms with E-state index in [9.17, 15) is 9.18 Å². The van der Waals surface area contributed by atoms with Crippen LogP contribution in [0.4, 0.5) is 4.39 Å². The molecular weight excluding hydrogens is 303 g/mol. The van der Waals surface area contributed by atoms with Gasteiger partial charge in [-0.15, -0.1) is 0 Å². The minimum Gasteiger partial charge on any atom is -0.331 e. The lowest BCUT2D eigenvalue weighted by molar-refractivity contribution is 0.0565. The van der Waals surface area contributed by atoms with E-state index in [4.69, 9.17) is 0 Å². The Bertz CT molecular complexity index is 747. The van der Waals surface area contributed by atoms with Crippen LogP contribution in [0.1, 0.15) is 53.2 Å². The number of rotatable bonds is 2. The number of amides is 1. The highest BCUT2D eigenvalue weighted by Crippen LogP contribution is 2.43. The Morgan fingerprint density at radius 2 is 1.92 bits per heavy atom. The lowest BCUT2D eigenvalue weighted by Crippen LogP contribution is -2.46. The van der Waals surface area contributed by atoms with Gasteiger partial charge >= 0.3 is 0 Å². The van der Waals surface area contributed by atoms with Gasteiger partial charge in [-0.1, -0.05) is 18.2 Å². The van der Waals surface area contributed by atoms with Crippen molar-refractivity contribution in [2.75, 3.05) is 0 Å². The van der Waals surface area contributed by atoms with E-state index in [1.165, 1.54) is 5.56 Å². The van der Waals surface area contributed by atoms with Crippen molar-refractivity contribution < 1.29 is 9.18 Å². The first-order valence-electron chi connectivity index (χ1n) is 8.63. The van der Waals surface area contributed by atoms with E-state index in [0.29, 0.717) is 17.2 Å². The molecule has 2 aliphatic heterocycles. The van der Waals surface area contributed by atoms with Crippen LogP contribution in [0.25, 0.3) is 0 Å². The molecule has 1 aromatic heterocycles. The van der Waals surface area contributed by atoms with Crippen molar-refractivity contribution in [1.29, 1.82) is 0 Å². The van der Waals surface area contributed by atoms with Crippen molar-refractivity contribution in [3.05, 3.63) is 65.2 Å². The van der Waals surface area contributed by atoms with Gasteiger partial charge in [-0.2, -0.15) is 0 Å². The van der Waals surface area contributed by atoms with Gasteiger partial charge in [0.2, 0.25) is 0 Å². The molecule has 0 aliphatic carbocycles. The molecule has 2 saturated heterocycles. The molecule has 124 valence electrons. The molecule has 2 bridgehead atoms. The minimum atomic E-state index is -0.149. The Balaban J connectivity index is 1.55. The summed E-state index contributed by atoms with van der Waals surface area (Å²) in [5, 5.41) is 0. The summed E-state index contributed by atoms with van der Waals surface area (Å²) < 4.78 is 13.5. The quantitative estimate of drug-likeness (QED) is 0.834. The van der Waals surface area contributed by atoms with Crippen molar-refractivity contribution in [3.63, 3.8) is 0 Å². The largest absolute Gasteiger partial charge is 0.331 e. The summed E-state index contributed by atoms with van der Waals surface area (Å²) in [6.45, 7) is 1.81. The highest BCUT2D eigenvalue weighted by Gasteiger charge is 2.44. The number of halogens is 1. The Kier molecular flexibility index (Phi) is 3.83. The number of piperidine rings is 1. The van der Waals surface area contributed by atoms with Crippen LogP contribution < -0.4 is 0 Å². The lowest BCUT2D eigenvalue weighted by Gasteiger charge is -2.39. The number of nitrogens with zero attached hydrogens (tertiary/aromatic N) is 2. The Hall–Kier alpha value is -2.23. The smallest absolute Gasteiger partial charge is 0.272 e. The molecule has 2 aromatic rings. The fourth-order valence-electron chi connectivity index (χ4n) is 4.32. The standard InChI is InChI=1S/C20H21FN2O/c1-13-10-14(5-8-18(13)21)15-11-16-6-7-17(12-15)23(16)20(24)19-4-2-3-9-22-19/h2-5,8-10,15-17H,6-7,11-12H2,1H3/t15?,16-,17+. The summed E-state index contributed by atoms with van der Waals surface area (Å²) in [6.07, 6.45) is 5.70. The fraction of sp³-hybridized carbons (Fsp3) is 0.400. The molecule has 3 atom stereocenters. The molecule has 1 amide bonds. The van der Waals surface area contributed by atoms with Crippen LogP contribution in [-0.2, 0) is 0 Å². The van der Waals surface area contributed by atoms with E-state index in [0.717, 1.165) is 25.7 Å². The zero-order valence-corrected chi connectivity index (χ0v) is 13.8. The molecule has 24 heavy (non-hydrogen) atoms. The van der Waals surface area contributed by atoms with E-state index in [1.54, 1.807) is 18.3 Å². The van der Waals surface area contributed by atoms with Gasteiger partial charge in [0.05, 0.1) is 0 Å². The van der Waals surface area contributed by atoms with Gasteiger partial charge in [0.15, 0.2) is 0 Å². The number of benzene rings is 1. The summed E-state index contributed by atoms with van der Waals surface area (Å²) in [5.74, 6) is 0.316. The second kappa shape index (κ2) is 6.00. The van der Waals surface area contributed by atoms with Crippen LogP contribution in [0.2, 0.25) is 0 Å². The molecule has 4 heteroatoms. The van der Waals surface area contributed by atoms with Gasteiger partial charge in [-0.05, 0) is 67.9 Å². The van der Waals surface area contributed by atoms with Crippen molar-refractivity contribution in [2.45, 2.75) is 50.6 Å². The average molecular weight is 324 g/mol. The number of fused-ring (bicyclic) bond motifs is 2. The second-order valence-electron chi connectivity index (χ2n) is 6.99. The summed E-state index contributed by atoms with van der Waals surface area (Å²) >= 11 is 0. The van der Waals surface area contributed by atoms with Crippen LogP contribution in [-0.4, -0.2) is 27.9 Å². The fourth-order valence-corrected chi connectivity index (χ4v) is 4.32. The number of aryl methyl sites for hydroxylation is 1. The van der Waals surface area contributed by atoms with E-state index in [1.807, 2.05) is 31.2 Å². The molecule has 2 fully saturated rings. The molecule has 0 saturated carbocycles. The zero-order chi connectivity index (χ0) is 16.7. The molecule has 0 radical (unpaired) electrons. The van der Waals surface area contributed by atoms with Gasteiger partial charge < -0.3 is 4.90 Å². The second-order valence-corrected chi connectivity index (χ2v) is 6.99. The Labute approximate surface area is 141 Å². The predicted octanol–water partition coefficient (Wildman–Crippen LogP) is 4.08. The van der Waals surface area contributed by atoms with Crippen molar-refractivity contribution >= 4 is 5.91 Å². The van der Waals surface area contributed by atoms with Crippen LogP contribution in [0.5, 0.6) is 0 Å². The highest BCUT2D eigenvalue weighted by molar-refractivity contribution is 5.93. The van der Waals surface area contributed by atoms with E-state index >= 15 is 0 Å². The zero-order valence-electron chi connectivity index (χ0n) is 13.8. The molecule has 0 spiro atoms. The van der Waals surface area contributed by atoms with Crippen LogP contribution >= 0.6 is 0 Å². The molecule has 1 aromatic carbocycles. The number of pyridine rings is 1. The van der Waals surface area contributed by atoms with Crippen molar-refractivity contribution in [2.24, 2.45) is 0 Å². The first-order chi connectivity index (χ1) is 11.6. The SMILES string of the molecule is Cc1cc(C2C[C@H]3CC[C@@H](C2)N3C(=O)c2ccccn2)ccc1F. The van der Waals surface area contributed by atoms with E-state index < -0.39 is 0 Å².